The molecule has 0 spiro atoms. The molecule has 3 heterocycles. The topological polar surface area (TPSA) is 59.0 Å². The molecule has 1 aliphatic heterocycles. The maximum Gasteiger partial charge on any atom is 0.185 e. The van der Waals surface area contributed by atoms with Crippen molar-refractivity contribution < 1.29 is 4.79 Å². The van der Waals surface area contributed by atoms with E-state index in [-0.39, 0.29) is 11.7 Å². The summed E-state index contributed by atoms with van der Waals surface area (Å²) >= 11 is 1.63. The van der Waals surface area contributed by atoms with Crippen molar-refractivity contribution in [2.45, 2.75) is 26.3 Å². The first-order chi connectivity index (χ1) is 10.2. The first kappa shape index (κ1) is 14.3. The highest BCUT2D eigenvalue weighted by molar-refractivity contribution is 7.11. The van der Waals surface area contributed by atoms with Gasteiger partial charge in [-0.3, -0.25) is 14.7 Å². The molecule has 0 radical (unpaired) electrons. The lowest BCUT2D eigenvalue weighted by molar-refractivity contribution is 0.0806. The van der Waals surface area contributed by atoms with Crippen molar-refractivity contribution in [3.63, 3.8) is 0 Å². The maximum atomic E-state index is 12.5. The Kier molecular flexibility index (Phi) is 4.36. The zero-order chi connectivity index (χ0) is 14.7. The Bertz CT molecular complexity index is 613. The summed E-state index contributed by atoms with van der Waals surface area (Å²) in [5.74, 6) is 0.205. The van der Waals surface area contributed by atoms with E-state index in [4.69, 9.17) is 0 Å². The monoisotopic (exact) mass is 302 g/mol. The Morgan fingerprint density at radius 2 is 2.33 bits per heavy atom. The minimum Gasteiger partial charge on any atom is -0.296 e. The van der Waals surface area contributed by atoms with Gasteiger partial charge in [0.1, 0.15) is 15.7 Å². The molecular formula is C15H18N4OS. The molecule has 3 rings (SSSR count). The molecule has 0 aliphatic carbocycles. The van der Waals surface area contributed by atoms with Gasteiger partial charge in [-0.25, -0.2) is 0 Å². The maximum absolute atomic E-state index is 12.5. The number of rotatable bonds is 4. The van der Waals surface area contributed by atoms with Gasteiger partial charge in [0.2, 0.25) is 0 Å². The highest BCUT2D eigenvalue weighted by Crippen LogP contribution is 2.22. The predicted octanol–water partition coefficient (Wildman–Crippen LogP) is 2.34. The fourth-order valence-electron chi connectivity index (χ4n) is 2.72. The van der Waals surface area contributed by atoms with E-state index in [0.29, 0.717) is 5.69 Å². The number of ketones is 1. The minimum atomic E-state index is 0.0441. The lowest BCUT2D eigenvalue weighted by atomic mass is 9.92. The van der Waals surface area contributed by atoms with Gasteiger partial charge >= 0.3 is 0 Å². The van der Waals surface area contributed by atoms with Crippen LogP contribution in [-0.4, -0.2) is 39.0 Å². The van der Waals surface area contributed by atoms with Gasteiger partial charge in [0, 0.05) is 18.7 Å². The van der Waals surface area contributed by atoms with E-state index in [1.54, 1.807) is 23.6 Å². The third-order valence-electron chi connectivity index (χ3n) is 3.72. The molecular weight excluding hydrogens is 284 g/mol. The fourth-order valence-corrected chi connectivity index (χ4v) is 3.47. The summed E-state index contributed by atoms with van der Waals surface area (Å²) in [4.78, 5) is 19.0. The van der Waals surface area contributed by atoms with Crippen molar-refractivity contribution >= 4 is 17.1 Å². The molecule has 0 saturated carbocycles. The Morgan fingerprint density at radius 1 is 1.43 bits per heavy atom. The summed E-state index contributed by atoms with van der Waals surface area (Å²) in [6.07, 6.45) is 3.67. The Morgan fingerprint density at radius 3 is 3.05 bits per heavy atom. The van der Waals surface area contributed by atoms with Gasteiger partial charge in [-0.05, 0) is 38.4 Å². The number of carbonyl (C=O) groups excluding carboxylic acids is 1. The van der Waals surface area contributed by atoms with E-state index < -0.39 is 0 Å². The second-order valence-corrected chi connectivity index (χ2v) is 6.63. The number of hydrogen-bond donors (Lipinski definition) is 0. The molecule has 1 aliphatic rings. The molecule has 0 N–H and O–H groups in total. The van der Waals surface area contributed by atoms with Crippen LogP contribution >= 0.6 is 11.3 Å². The highest BCUT2D eigenvalue weighted by Gasteiger charge is 2.27. The van der Waals surface area contributed by atoms with Gasteiger partial charge in [0.15, 0.2) is 5.78 Å². The number of carbonyl (C=O) groups is 1. The molecule has 0 aromatic carbocycles. The van der Waals surface area contributed by atoms with Crippen molar-refractivity contribution in [3.8, 4) is 0 Å². The molecule has 0 amide bonds. The standard InChI is InChI=1S/C15H18N4OS/c1-11-17-18-14(21-11)10-19-8-4-5-12(9-19)15(20)13-6-2-3-7-16-13/h2-3,6-7,12H,4-5,8-10H2,1H3/t12-/m1/s1. The zero-order valence-electron chi connectivity index (χ0n) is 12.0. The second-order valence-electron chi connectivity index (χ2n) is 5.37. The third-order valence-corrected chi connectivity index (χ3v) is 4.54. The average Bonchev–Trinajstić information content (AvgIpc) is 2.93. The minimum absolute atomic E-state index is 0.0441. The SMILES string of the molecule is Cc1nnc(CN2CCC[C@@H](C(=O)c3ccccn3)C2)s1. The fraction of sp³-hybridized carbons (Fsp3) is 0.467. The smallest absolute Gasteiger partial charge is 0.185 e. The average molecular weight is 302 g/mol. The first-order valence-corrected chi connectivity index (χ1v) is 8.00. The third kappa shape index (κ3) is 3.51. The summed E-state index contributed by atoms with van der Waals surface area (Å²) in [5, 5.41) is 10.2. The van der Waals surface area contributed by atoms with Crippen molar-refractivity contribution in [1.82, 2.24) is 20.1 Å². The molecule has 1 saturated heterocycles. The van der Waals surface area contributed by atoms with Gasteiger partial charge < -0.3 is 0 Å². The van der Waals surface area contributed by atoms with E-state index in [1.165, 1.54) is 0 Å². The molecule has 6 heteroatoms. The van der Waals surface area contributed by atoms with Crippen LogP contribution < -0.4 is 0 Å². The van der Waals surface area contributed by atoms with Crippen molar-refractivity contribution in [1.29, 1.82) is 0 Å². The molecule has 110 valence electrons. The summed E-state index contributed by atoms with van der Waals surface area (Å²) in [6, 6.07) is 5.50. The number of aromatic nitrogens is 3. The zero-order valence-corrected chi connectivity index (χ0v) is 12.8. The molecule has 5 nitrogen and oxygen atoms in total. The van der Waals surface area contributed by atoms with Crippen LogP contribution in [0.3, 0.4) is 0 Å². The summed E-state index contributed by atoms with van der Waals surface area (Å²) in [7, 11) is 0. The number of hydrogen-bond acceptors (Lipinski definition) is 6. The quantitative estimate of drug-likeness (QED) is 0.811. The summed E-state index contributed by atoms with van der Waals surface area (Å²) < 4.78 is 0. The summed E-state index contributed by atoms with van der Waals surface area (Å²) in [6.45, 7) is 4.56. The number of pyridine rings is 1. The van der Waals surface area contributed by atoms with E-state index >= 15 is 0 Å². The van der Waals surface area contributed by atoms with Gasteiger partial charge in [-0.2, -0.15) is 0 Å². The lowest BCUT2D eigenvalue weighted by Gasteiger charge is -2.31. The lowest BCUT2D eigenvalue weighted by Crippen LogP contribution is -2.38. The number of piperidine rings is 1. The normalized spacial score (nSPS) is 19.6. The van der Waals surface area contributed by atoms with Gasteiger partial charge in [-0.1, -0.05) is 6.07 Å². The molecule has 21 heavy (non-hydrogen) atoms. The predicted molar refractivity (Wildman–Crippen MR) is 81.2 cm³/mol. The largest absolute Gasteiger partial charge is 0.296 e. The van der Waals surface area contributed by atoms with Crippen LogP contribution in [0.15, 0.2) is 24.4 Å². The number of likely N-dealkylation sites (tertiary alicyclic amines) is 1. The first-order valence-electron chi connectivity index (χ1n) is 7.19. The van der Waals surface area contributed by atoms with Gasteiger partial charge in [0.05, 0.1) is 6.54 Å². The van der Waals surface area contributed by atoms with Gasteiger partial charge in [0.25, 0.3) is 0 Å². The van der Waals surface area contributed by atoms with Crippen LogP contribution in [0.1, 0.15) is 33.3 Å². The molecule has 1 fully saturated rings. The van der Waals surface area contributed by atoms with Crippen molar-refractivity contribution in [2.75, 3.05) is 13.1 Å². The number of nitrogens with zero attached hydrogens (tertiary/aromatic N) is 4. The van der Waals surface area contributed by atoms with Crippen LogP contribution in [0.2, 0.25) is 0 Å². The molecule has 2 aromatic rings. The van der Waals surface area contributed by atoms with Crippen LogP contribution in [0, 0.1) is 12.8 Å². The van der Waals surface area contributed by atoms with Crippen molar-refractivity contribution in [3.05, 3.63) is 40.1 Å². The van der Waals surface area contributed by atoms with Crippen LogP contribution in [0.5, 0.6) is 0 Å². The number of Topliss-reactive ketones (excluding diaryl/α,β-unsaturated/α-hetero) is 1. The molecule has 1 atom stereocenters. The van der Waals surface area contributed by atoms with E-state index in [2.05, 4.69) is 20.1 Å². The van der Waals surface area contributed by atoms with E-state index in [9.17, 15) is 4.79 Å². The van der Waals surface area contributed by atoms with Crippen LogP contribution in [0.25, 0.3) is 0 Å². The summed E-state index contributed by atoms with van der Waals surface area (Å²) in [5.41, 5.74) is 0.580. The second kappa shape index (κ2) is 6.41. The Labute approximate surface area is 128 Å². The van der Waals surface area contributed by atoms with Crippen molar-refractivity contribution in [2.24, 2.45) is 5.92 Å². The van der Waals surface area contributed by atoms with E-state index in [0.717, 1.165) is 42.5 Å². The Hall–Kier alpha value is -1.66. The number of aryl methyl sites for hydroxylation is 1. The molecule has 0 unspecified atom stereocenters. The molecule has 2 aromatic heterocycles. The highest BCUT2D eigenvalue weighted by atomic mass is 32.1. The van der Waals surface area contributed by atoms with Crippen LogP contribution in [-0.2, 0) is 6.54 Å². The van der Waals surface area contributed by atoms with E-state index in [1.807, 2.05) is 19.1 Å². The van der Waals surface area contributed by atoms with Crippen LogP contribution in [0.4, 0.5) is 0 Å². The molecule has 0 bridgehead atoms. The van der Waals surface area contributed by atoms with Gasteiger partial charge in [-0.15, -0.1) is 21.5 Å². The Balaban J connectivity index is 1.64.